The summed E-state index contributed by atoms with van der Waals surface area (Å²) >= 11 is 0. The molecule has 4 aromatic rings. The fourth-order valence-electron chi connectivity index (χ4n) is 5.33. The lowest BCUT2D eigenvalue weighted by Crippen LogP contribution is -2.36. The third-order valence-corrected chi connectivity index (χ3v) is 7.94. The van der Waals surface area contributed by atoms with E-state index in [2.05, 4.69) is 34.4 Å². The average molecular weight is 739 g/mol. The molecular weight excluding hydrogens is 697 g/mol. The molecule has 0 saturated heterocycles. The van der Waals surface area contributed by atoms with Crippen molar-refractivity contribution in [1.29, 1.82) is 0 Å². The molecule has 5 rings (SSSR count). The zero-order valence-electron chi connectivity index (χ0n) is 29.5. The van der Waals surface area contributed by atoms with E-state index in [-0.39, 0.29) is 13.1 Å². The predicted octanol–water partition coefficient (Wildman–Crippen LogP) is 5.75. The molecule has 0 fully saturated rings. The van der Waals surface area contributed by atoms with Gasteiger partial charge in [0.2, 0.25) is 11.7 Å². The van der Waals surface area contributed by atoms with Crippen LogP contribution in [0.2, 0.25) is 0 Å². The number of halogens is 3. The van der Waals surface area contributed by atoms with Gasteiger partial charge < -0.3 is 39.7 Å². The molecule has 2 amide bonds. The van der Waals surface area contributed by atoms with Gasteiger partial charge in [-0.2, -0.15) is 18.7 Å². The Kier molecular flexibility index (Phi) is 14.4. The standard InChI is InChI=1S/C29H30F3N3O8.C9H11N/c1-39-23-14-19(15-24(40-2)27(23)41-3)17-35(26(37)12-11-25(36)34-43-28(38)29(30,31)32)21-9-4-5-10-22(21)42-20-8-6-7-18(13-20)16-33;1-2-4-9-7-10-6-5-8(9)3-1/h4-10,13-15H,11-12,16-17,33H2,1-3H3,(H,34,36);1-4,10H,5-7H2. The van der Waals surface area contributed by atoms with Gasteiger partial charge in [-0.1, -0.05) is 48.5 Å². The van der Waals surface area contributed by atoms with Crippen LogP contribution >= 0.6 is 0 Å². The highest BCUT2D eigenvalue weighted by Crippen LogP contribution is 2.40. The Morgan fingerprint density at radius 3 is 2.13 bits per heavy atom. The van der Waals surface area contributed by atoms with E-state index in [0.29, 0.717) is 40.0 Å². The van der Waals surface area contributed by atoms with E-state index in [9.17, 15) is 27.6 Å². The van der Waals surface area contributed by atoms with Crippen molar-refractivity contribution in [2.24, 2.45) is 5.73 Å². The van der Waals surface area contributed by atoms with Gasteiger partial charge >= 0.3 is 12.1 Å². The van der Waals surface area contributed by atoms with Crippen molar-refractivity contribution in [2.45, 2.75) is 45.1 Å². The first-order chi connectivity index (χ1) is 25.5. The number of nitrogens with one attached hydrogen (secondary N) is 2. The number of hydrogen-bond acceptors (Lipinski definition) is 10. The number of para-hydroxylation sites is 2. The van der Waals surface area contributed by atoms with Gasteiger partial charge in [-0.15, -0.1) is 0 Å². The monoisotopic (exact) mass is 738 g/mol. The second-order valence-corrected chi connectivity index (χ2v) is 11.5. The van der Waals surface area contributed by atoms with Crippen LogP contribution in [-0.2, 0) is 45.3 Å². The molecule has 0 aromatic heterocycles. The third kappa shape index (κ3) is 11.3. The van der Waals surface area contributed by atoms with Gasteiger partial charge in [-0.25, -0.2) is 4.79 Å². The number of anilines is 1. The molecule has 282 valence electrons. The Morgan fingerprint density at radius 1 is 0.811 bits per heavy atom. The lowest BCUT2D eigenvalue weighted by Gasteiger charge is -2.26. The van der Waals surface area contributed by atoms with Crippen LogP contribution in [0.15, 0.2) is 84.9 Å². The highest BCUT2D eigenvalue weighted by atomic mass is 19.4. The number of amides is 2. The van der Waals surface area contributed by atoms with Gasteiger partial charge in [0.1, 0.15) is 5.75 Å². The van der Waals surface area contributed by atoms with E-state index in [0.717, 1.165) is 18.7 Å². The Balaban J connectivity index is 0.000000533. The van der Waals surface area contributed by atoms with Crippen LogP contribution < -0.4 is 40.4 Å². The van der Waals surface area contributed by atoms with E-state index in [1.807, 2.05) is 6.07 Å². The molecule has 0 unspecified atom stereocenters. The fraction of sp³-hybridized carbons (Fsp3) is 0.289. The van der Waals surface area contributed by atoms with Crippen molar-refractivity contribution in [3.63, 3.8) is 0 Å². The van der Waals surface area contributed by atoms with E-state index < -0.39 is 36.8 Å². The van der Waals surface area contributed by atoms with Gasteiger partial charge in [0.05, 0.1) is 33.6 Å². The maximum atomic E-state index is 13.6. The van der Waals surface area contributed by atoms with Crippen LogP contribution in [-0.4, -0.2) is 51.8 Å². The number of rotatable bonds is 12. The van der Waals surface area contributed by atoms with Crippen molar-refractivity contribution in [3.8, 4) is 28.7 Å². The minimum atomic E-state index is -5.30. The number of hydroxylamine groups is 1. The maximum Gasteiger partial charge on any atom is 0.493 e. The number of benzene rings is 4. The average Bonchev–Trinajstić information content (AvgIpc) is 3.17. The number of methoxy groups -OCH3 is 3. The van der Waals surface area contributed by atoms with Crippen LogP contribution in [0.5, 0.6) is 28.7 Å². The largest absolute Gasteiger partial charge is 0.493 e. The van der Waals surface area contributed by atoms with Crippen molar-refractivity contribution < 1.29 is 51.3 Å². The SMILES string of the molecule is COc1cc(CN(C(=O)CCC(=O)NOC(=O)C(F)(F)F)c2ccccc2Oc2cccc(CN)c2)cc(OC)c1OC.c1ccc2c(c1)CCNC2. The second-order valence-electron chi connectivity index (χ2n) is 11.5. The molecule has 0 radical (unpaired) electrons. The number of carbonyl (C=O) groups excluding carboxylic acids is 3. The molecule has 12 nitrogen and oxygen atoms in total. The Labute approximate surface area is 304 Å². The molecule has 0 bridgehead atoms. The number of hydrogen-bond donors (Lipinski definition) is 3. The van der Waals surface area contributed by atoms with Crippen LogP contribution in [0.4, 0.5) is 18.9 Å². The molecule has 4 N–H and O–H groups in total. The number of fused-ring (bicyclic) bond motifs is 1. The molecule has 0 atom stereocenters. The highest BCUT2D eigenvalue weighted by Gasteiger charge is 2.42. The normalized spacial score (nSPS) is 11.9. The summed E-state index contributed by atoms with van der Waals surface area (Å²) in [6, 6.07) is 25.6. The van der Waals surface area contributed by atoms with Gasteiger partial charge in [-0.3, -0.25) is 9.59 Å². The summed E-state index contributed by atoms with van der Waals surface area (Å²) in [7, 11) is 4.32. The Hall–Kier alpha value is -5.80. The van der Waals surface area contributed by atoms with Crippen molar-refractivity contribution >= 4 is 23.5 Å². The summed E-state index contributed by atoms with van der Waals surface area (Å²) in [4.78, 5) is 41.7. The minimum Gasteiger partial charge on any atom is -0.493 e. The quantitative estimate of drug-likeness (QED) is 0.154. The van der Waals surface area contributed by atoms with Crippen molar-refractivity contribution in [3.05, 3.63) is 107 Å². The number of ether oxygens (including phenoxy) is 4. The van der Waals surface area contributed by atoms with Crippen molar-refractivity contribution in [1.82, 2.24) is 10.8 Å². The smallest absolute Gasteiger partial charge is 0.493 e. The number of alkyl halides is 3. The van der Waals surface area contributed by atoms with Crippen LogP contribution in [0, 0.1) is 0 Å². The summed E-state index contributed by atoms with van der Waals surface area (Å²) < 4.78 is 59.5. The summed E-state index contributed by atoms with van der Waals surface area (Å²) in [6.07, 6.45) is -5.15. The molecule has 1 aliphatic heterocycles. The zero-order chi connectivity index (χ0) is 38.4. The van der Waals surface area contributed by atoms with Crippen LogP contribution in [0.25, 0.3) is 0 Å². The lowest BCUT2D eigenvalue weighted by atomic mass is 10.0. The molecule has 0 spiro atoms. The summed E-state index contributed by atoms with van der Waals surface area (Å²) in [5.41, 5.74) is 11.8. The Morgan fingerprint density at radius 2 is 1.49 bits per heavy atom. The summed E-state index contributed by atoms with van der Waals surface area (Å²) in [6.45, 7) is 2.40. The second kappa shape index (κ2) is 19.2. The first-order valence-corrected chi connectivity index (χ1v) is 16.5. The molecular formula is C38H41F3N4O8. The summed E-state index contributed by atoms with van der Waals surface area (Å²) in [5.74, 6) is -2.56. The fourth-order valence-corrected chi connectivity index (χ4v) is 5.33. The van der Waals surface area contributed by atoms with Gasteiger partial charge in [0, 0.05) is 25.9 Å². The molecule has 1 aliphatic rings. The topological polar surface area (TPSA) is 151 Å². The first-order valence-electron chi connectivity index (χ1n) is 16.5. The maximum absolute atomic E-state index is 13.6. The van der Waals surface area contributed by atoms with E-state index in [1.54, 1.807) is 54.6 Å². The highest BCUT2D eigenvalue weighted by molar-refractivity contribution is 5.96. The lowest BCUT2D eigenvalue weighted by molar-refractivity contribution is -0.207. The molecule has 15 heteroatoms. The predicted molar refractivity (Wildman–Crippen MR) is 190 cm³/mol. The van der Waals surface area contributed by atoms with E-state index >= 15 is 0 Å². The van der Waals surface area contributed by atoms with E-state index in [4.69, 9.17) is 24.7 Å². The third-order valence-electron chi connectivity index (χ3n) is 7.94. The van der Waals surface area contributed by atoms with Gasteiger partial charge in [0.25, 0.3) is 5.91 Å². The summed E-state index contributed by atoms with van der Waals surface area (Å²) in [5, 5.41) is 3.34. The molecule has 0 saturated carbocycles. The first kappa shape index (κ1) is 40.0. The Bertz CT molecular complexity index is 1820. The van der Waals surface area contributed by atoms with Gasteiger partial charge in [0.15, 0.2) is 17.2 Å². The van der Waals surface area contributed by atoms with Crippen LogP contribution in [0.1, 0.15) is 35.1 Å². The molecule has 53 heavy (non-hydrogen) atoms. The van der Waals surface area contributed by atoms with Crippen LogP contribution in [0.3, 0.4) is 0 Å². The van der Waals surface area contributed by atoms with E-state index in [1.165, 1.54) is 49.3 Å². The number of nitrogens with two attached hydrogens (primary N) is 1. The molecule has 1 heterocycles. The molecule has 0 aliphatic carbocycles. The van der Waals surface area contributed by atoms with Crippen molar-refractivity contribution in [2.75, 3.05) is 32.8 Å². The number of nitrogens with zero attached hydrogens (tertiary/aromatic N) is 1. The van der Waals surface area contributed by atoms with Gasteiger partial charge in [-0.05, 0) is 71.6 Å². The minimum absolute atomic E-state index is 0.0660. The number of carbonyl (C=O) groups is 3. The zero-order valence-corrected chi connectivity index (χ0v) is 29.5. The molecule has 4 aromatic carbocycles.